The van der Waals surface area contributed by atoms with Gasteiger partial charge >= 0.3 is 0 Å². The molecule has 26 heavy (non-hydrogen) atoms. The average molecular weight is 354 g/mol. The number of fused-ring (bicyclic) bond motifs is 4. The molecule has 2 aromatic heterocycles. The Hall–Kier alpha value is -2.41. The summed E-state index contributed by atoms with van der Waals surface area (Å²) in [4.78, 5) is 32.9. The van der Waals surface area contributed by atoms with Crippen LogP contribution in [0.4, 0.5) is 5.88 Å². The molecule has 136 valence electrons. The van der Waals surface area contributed by atoms with Crippen molar-refractivity contribution in [2.24, 2.45) is 5.92 Å². The summed E-state index contributed by atoms with van der Waals surface area (Å²) >= 11 is 0. The summed E-state index contributed by atoms with van der Waals surface area (Å²) in [6.07, 6.45) is 5.36. The van der Waals surface area contributed by atoms with Crippen LogP contribution < -0.4 is 10.2 Å². The summed E-state index contributed by atoms with van der Waals surface area (Å²) in [7, 11) is 0. The molecule has 4 saturated heterocycles. The molecule has 7 nitrogen and oxygen atoms in total. The molecule has 4 fully saturated rings. The second-order valence-corrected chi connectivity index (χ2v) is 7.56. The van der Waals surface area contributed by atoms with E-state index in [4.69, 9.17) is 4.42 Å². The SMILES string of the molecule is O=C(N[C@H]1CN2CCC1CC2)c1cc2oc(N3CCCC3=O)cc2cn1. The largest absolute Gasteiger partial charge is 0.440 e. The zero-order valence-electron chi connectivity index (χ0n) is 14.6. The Morgan fingerprint density at radius 1 is 1.23 bits per heavy atom. The van der Waals surface area contributed by atoms with Gasteiger partial charge in [0.1, 0.15) is 11.3 Å². The van der Waals surface area contributed by atoms with Crippen molar-refractivity contribution in [2.75, 3.05) is 31.1 Å². The fraction of sp³-hybridized carbons (Fsp3) is 0.526. The van der Waals surface area contributed by atoms with Crippen LogP contribution in [-0.2, 0) is 4.79 Å². The van der Waals surface area contributed by atoms with Crippen LogP contribution in [0.1, 0.15) is 36.2 Å². The highest BCUT2D eigenvalue weighted by molar-refractivity contribution is 5.98. The lowest BCUT2D eigenvalue weighted by atomic mass is 9.84. The van der Waals surface area contributed by atoms with Gasteiger partial charge in [-0.2, -0.15) is 0 Å². The maximum absolute atomic E-state index is 12.6. The molecule has 2 bridgehead atoms. The van der Waals surface area contributed by atoms with E-state index in [0.29, 0.717) is 36.0 Å². The number of carbonyl (C=O) groups is 2. The van der Waals surface area contributed by atoms with E-state index in [1.165, 1.54) is 0 Å². The van der Waals surface area contributed by atoms with Crippen LogP contribution in [0.2, 0.25) is 0 Å². The average Bonchev–Trinajstić information content (AvgIpc) is 3.27. The van der Waals surface area contributed by atoms with Crippen LogP contribution in [0, 0.1) is 5.92 Å². The normalized spacial score (nSPS) is 28.1. The Bertz CT molecular complexity index is 869. The summed E-state index contributed by atoms with van der Waals surface area (Å²) in [5.41, 5.74) is 0.955. The number of hydrogen-bond donors (Lipinski definition) is 1. The number of piperidine rings is 3. The molecule has 7 heteroatoms. The molecule has 1 atom stereocenters. The molecule has 6 heterocycles. The molecule has 2 amide bonds. The Labute approximate surface area is 151 Å². The van der Waals surface area contributed by atoms with Crippen molar-refractivity contribution < 1.29 is 14.0 Å². The van der Waals surface area contributed by atoms with Gasteiger partial charge in [0.05, 0.1) is 0 Å². The lowest BCUT2D eigenvalue weighted by molar-refractivity contribution is -0.117. The minimum absolute atomic E-state index is 0.0809. The standard InChI is InChI=1S/C19H22N4O3/c24-17-2-1-5-23(17)18-8-13-10-20-14(9-16(13)26-18)19(25)21-15-11-22-6-3-12(15)4-7-22/h8-10,12,15H,1-7,11H2,(H,21,25)/t15-/m0/s1. The number of pyridine rings is 1. The Kier molecular flexibility index (Phi) is 3.70. The highest BCUT2D eigenvalue weighted by Gasteiger charge is 2.35. The van der Waals surface area contributed by atoms with Gasteiger partial charge < -0.3 is 14.6 Å². The highest BCUT2D eigenvalue weighted by Crippen LogP contribution is 2.30. The third-order valence-corrected chi connectivity index (χ3v) is 5.93. The molecule has 2 aromatic rings. The fourth-order valence-corrected chi connectivity index (χ4v) is 4.43. The molecule has 0 aliphatic carbocycles. The molecule has 0 radical (unpaired) electrons. The van der Waals surface area contributed by atoms with Crippen molar-refractivity contribution >= 4 is 28.7 Å². The van der Waals surface area contributed by atoms with E-state index in [1.54, 1.807) is 17.2 Å². The number of nitrogens with one attached hydrogen (secondary N) is 1. The zero-order chi connectivity index (χ0) is 17.7. The number of carbonyl (C=O) groups excluding carboxylic acids is 2. The van der Waals surface area contributed by atoms with Gasteiger partial charge in [0.25, 0.3) is 5.91 Å². The lowest BCUT2D eigenvalue weighted by Gasteiger charge is -2.44. The number of hydrogen-bond acceptors (Lipinski definition) is 5. The van der Waals surface area contributed by atoms with E-state index in [-0.39, 0.29) is 17.9 Å². The van der Waals surface area contributed by atoms with Crippen molar-refractivity contribution in [2.45, 2.75) is 31.7 Å². The van der Waals surface area contributed by atoms with E-state index in [1.807, 2.05) is 6.07 Å². The predicted molar refractivity (Wildman–Crippen MR) is 96.0 cm³/mol. The number of amides is 2. The molecule has 6 rings (SSSR count). The monoisotopic (exact) mass is 354 g/mol. The summed E-state index contributed by atoms with van der Waals surface area (Å²) < 4.78 is 5.83. The van der Waals surface area contributed by atoms with Gasteiger partial charge in [-0.05, 0) is 38.3 Å². The minimum Gasteiger partial charge on any atom is -0.440 e. The topological polar surface area (TPSA) is 78.7 Å². The van der Waals surface area contributed by atoms with Crippen molar-refractivity contribution in [1.82, 2.24) is 15.2 Å². The zero-order valence-corrected chi connectivity index (χ0v) is 14.6. The molecule has 0 aromatic carbocycles. The van der Waals surface area contributed by atoms with Crippen LogP contribution in [0.25, 0.3) is 11.0 Å². The van der Waals surface area contributed by atoms with Crippen LogP contribution >= 0.6 is 0 Å². The van der Waals surface area contributed by atoms with Crippen LogP contribution in [0.5, 0.6) is 0 Å². The van der Waals surface area contributed by atoms with E-state index in [0.717, 1.165) is 44.3 Å². The lowest BCUT2D eigenvalue weighted by Crippen LogP contribution is -2.57. The van der Waals surface area contributed by atoms with Crippen molar-refractivity contribution in [3.05, 3.63) is 24.0 Å². The first kappa shape index (κ1) is 15.8. The Balaban J connectivity index is 1.35. The molecular formula is C19H22N4O3. The number of anilines is 1. The fourth-order valence-electron chi connectivity index (χ4n) is 4.43. The van der Waals surface area contributed by atoms with Gasteiger partial charge in [-0.1, -0.05) is 0 Å². The van der Waals surface area contributed by atoms with Crippen LogP contribution in [-0.4, -0.2) is 53.9 Å². The smallest absolute Gasteiger partial charge is 0.270 e. The molecule has 4 aliphatic heterocycles. The molecule has 0 spiro atoms. The Morgan fingerprint density at radius 3 is 2.77 bits per heavy atom. The number of furan rings is 1. The predicted octanol–water partition coefficient (Wildman–Crippen LogP) is 1.78. The van der Waals surface area contributed by atoms with Gasteiger partial charge in [-0.25, -0.2) is 0 Å². The molecule has 0 unspecified atom stereocenters. The minimum atomic E-state index is -0.152. The second kappa shape index (κ2) is 6.09. The van der Waals surface area contributed by atoms with Gasteiger partial charge in [-0.3, -0.25) is 19.5 Å². The number of rotatable bonds is 3. The first-order valence-electron chi connectivity index (χ1n) is 9.40. The van der Waals surface area contributed by atoms with Gasteiger partial charge in [0.2, 0.25) is 11.8 Å². The molecular weight excluding hydrogens is 332 g/mol. The quantitative estimate of drug-likeness (QED) is 0.909. The summed E-state index contributed by atoms with van der Waals surface area (Å²) in [5, 5.41) is 3.96. The first-order valence-corrected chi connectivity index (χ1v) is 9.40. The summed E-state index contributed by atoms with van der Waals surface area (Å²) in [5.74, 6) is 1.04. The van der Waals surface area contributed by atoms with Gasteiger partial charge in [0, 0.05) is 49.3 Å². The molecule has 1 N–H and O–H groups in total. The molecule has 4 aliphatic rings. The van der Waals surface area contributed by atoms with E-state index in [2.05, 4.69) is 15.2 Å². The van der Waals surface area contributed by atoms with Crippen LogP contribution in [0.15, 0.2) is 22.7 Å². The van der Waals surface area contributed by atoms with Crippen molar-refractivity contribution in [3.8, 4) is 0 Å². The third kappa shape index (κ3) is 2.67. The van der Waals surface area contributed by atoms with E-state index in [9.17, 15) is 9.59 Å². The van der Waals surface area contributed by atoms with Crippen molar-refractivity contribution in [1.29, 1.82) is 0 Å². The van der Waals surface area contributed by atoms with Crippen molar-refractivity contribution in [3.63, 3.8) is 0 Å². The number of nitrogens with zero attached hydrogens (tertiary/aromatic N) is 3. The highest BCUT2D eigenvalue weighted by atomic mass is 16.4. The van der Waals surface area contributed by atoms with Gasteiger partial charge in [0.15, 0.2) is 0 Å². The van der Waals surface area contributed by atoms with Crippen LogP contribution in [0.3, 0.4) is 0 Å². The summed E-state index contributed by atoms with van der Waals surface area (Å²) in [6.45, 7) is 3.90. The van der Waals surface area contributed by atoms with Gasteiger partial charge in [-0.15, -0.1) is 0 Å². The number of aromatic nitrogens is 1. The van der Waals surface area contributed by atoms with E-state index < -0.39 is 0 Å². The molecule has 0 saturated carbocycles. The third-order valence-electron chi connectivity index (χ3n) is 5.93. The van der Waals surface area contributed by atoms with E-state index >= 15 is 0 Å². The first-order chi connectivity index (χ1) is 12.7. The maximum atomic E-state index is 12.6. The maximum Gasteiger partial charge on any atom is 0.270 e. The second-order valence-electron chi connectivity index (χ2n) is 7.56. The Morgan fingerprint density at radius 2 is 2.08 bits per heavy atom. The summed E-state index contributed by atoms with van der Waals surface area (Å²) in [6, 6.07) is 3.70.